The zero-order valence-electron chi connectivity index (χ0n) is 16.6. The van der Waals surface area contributed by atoms with Crippen LogP contribution in [0.25, 0.3) is 0 Å². The van der Waals surface area contributed by atoms with Gasteiger partial charge < -0.3 is 15.4 Å². The van der Waals surface area contributed by atoms with E-state index in [1.165, 1.54) is 0 Å². The number of aryl methyl sites for hydroxylation is 2. The minimum Gasteiger partial charge on any atom is -0.456 e. The van der Waals surface area contributed by atoms with Gasteiger partial charge in [0.05, 0.1) is 0 Å². The maximum absolute atomic E-state index is 12.0. The van der Waals surface area contributed by atoms with Gasteiger partial charge in [0.2, 0.25) is 5.91 Å². The van der Waals surface area contributed by atoms with Crippen LogP contribution >= 0.6 is 11.6 Å². The zero-order valence-corrected chi connectivity index (χ0v) is 17.3. The van der Waals surface area contributed by atoms with Gasteiger partial charge in [-0.2, -0.15) is 0 Å². The summed E-state index contributed by atoms with van der Waals surface area (Å²) in [6.45, 7) is 3.49. The smallest absolute Gasteiger partial charge is 0.306 e. The minimum absolute atomic E-state index is 0.0620. The Kier molecular flexibility index (Phi) is 8.68. The molecule has 0 bridgehead atoms. The molecule has 2 aromatic rings. The highest BCUT2D eigenvalue weighted by Crippen LogP contribution is 2.20. The van der Waals surface area contributed by atoms with Crippen molar-refractivity contribution in [1.82, 2.24) is 0 Å². The van der Waals surface area contributed by atoms with Crippen LogP contribution in [0.1, 0.15) is 37.3 Å². The number of halogens is 1. The summed E-state index contributed by atoms with van der Waals surface area (Å²) < 4.78 is 4.95. The van der Waals surface area contributed by atoms with Crippen molar-refractivity contribution in [2.24, 2.45) is 0 Å². The molecule has 2 N–H and O–H groups in total. The van der Waals surface area contributed by atoms with Gasteiger partial charge in [0.15, 0.2) is 6.61 Å². The van der Waals surface area contributed by atoms with Crippen molar-refractivity contribution in [3.8, 4) is 0 Å². The third kappa shape index (κ3) is 7.58. The Morgan fingerprint density at radius 3 is 2.48 bits per heavy atom. The van der Waals surface area contributed by atoms with Crippen LogP contribution in [0.4, 0.5) is 11.4 Å². The summed E-state index contributed by atoms with van der Waals surface area (Å²) in [4.78, 5) is 35.7. The number of para-hydroxylation sites is 1. The molecule has 0 atom stereocenters. The Balaban J connectivity index is 1.66. The van der Waals surface area contributed by atoms with Gasteiger partial charge in [-0.25, -0.2) is 0 Å². The number of benzene rings is 2. The molecule has 2 rings (SSSR count). The number of hydrogen-bond donors (Lipinski definition) is 2. The van der Waals surface area contributed by atoms with Gasteiger partial charge in [-0.3, -0.25) is 14.4 Å². The van der Waals surface area contributed by atoms with Crippen LogP contribution in [0.3, 0.4) is 0 Å². The van der Waals surface area contributed by atoms with Crippen LogP contribution in [-0.4, -0.2) is 24.4 Å². The number of carbonyl (C=O) groups excluding carboxylic acids is 3. The van der Waals surface area contributed by atoms with Crippen LogP contribution in [0.5, 0.6) is 0 Å². The normalized spacial score (nSPS) is 10.3. The largest absolute Gasteiger partial charge is 0.456 e. The lowest BCUT2D eigenvalue weighted by molar-refractivity contribution is -0.147. The van der Waals surface area contributed by atoms with Crippen molar-refractivity contribution in [2.45, 2.75) is 39.5 Å². The Bertz CT molecular complexity index is 883. The average molecular weight is 417 g/mol. The van der Waals surface area contributed by atoms with Crippen molar-refractivity contribution < 1.29 is 19.1 Å². The molecule has 0 saturated heterocycles. The molecule has 0 aliphatic rings. The Labute approximate surface area is 175 Å². The predicted octanol–water partition coefficient (Wildman–Crippen LogP) is 4.50. The number of amides is 2. The molecule has 0 heterocycles. The fourth-order valence-electron chi connectivity index (χ4n) is 2.64. The molecule has 7 heteroatoms. The maximum atomic E-state index is 12.0. The quantitative estimate of drug-likeness (QED) is 0.589. The van der Waals surface area contributed by atoms with Crippen LogP contribution in [0, 0.1) is 6.92 Å². The molecule has 0 fully saturated rings. The Morgan fingerprint density at radius 1 is 1.00 bits per heavy atom. The first-order valence-corrected chi connectivity index (χ1v) is 9.86. The first-order valence-electron chi connectivity index (χ1n) is 9.48. The first-order chi connectivity index (χ1) is 13.9. The molecule has 2 aromatic carbocycles. The number of carbonyl (C=O) groups is 3. The Morgan fingerprint density at radius 2 is 1.76 bits per heavy atom. The van der Waals surface area contributed by atoms with Crippen molar-refractivity contribution in [2.75, 3.05) is 17.2 Å². The van der Waals surface area contributed by atoms with E-state index in [4.69, 9.17) is 16.3 Å². The third-order valence-electron chi connectivity index (χ3n) is 4.28. The molecular weight excluding hydrogens is 392 g/mol. The maximum Gasteiger partial charge on any atom is 0.306 e. The summed E-state index contributed by atoms with van der Waals surface area (Å²) in [5.41, 5.74) is 3.28. The first kappa shape index (κ1) is 22.4. The van der Waals surface area contributed by atoms with Gasteiger partial charge in [-0.15, -0.1) is 0 Å². The topological polar surface area (TPSA) is 84.5 Å². The average Bonchev–Trinajstić information content (AvgIpc) is 2.69. The van der Waals surface area contributed by atoms with E-state index < -0.39 is 11.9 Å². The molecule has 2 amide bonds. The van der Waals surface area contributed by atoms with Gasteiger partial charge in [0, 0.05) is 29.2 Å². The van der Waals surface area contributed by atoms with Gasteiger partial charge in [-0.05, 0) is 49.1 Å². The van der Waals surface area contributed by atoms with E-state index in [1.807, 2.05) is 38.1 Å². The molecule has 0 aliphatic heterocycles. The standard InChI is InChI=1S/C22H25ClN2O4/c1-3-16-7-4-5-8-19(16)25-20(26)9-6-10-22(28)29-14-21(27)24-17-12-11-15(2)18(23)13-17/h4-5,7-8,11-13H,3,6,9-10,14H2,1-2H3,(H,24,27)(H,25,26). The second-order valence-corrected chi connectivity index (χ2v) is 6.99. The zero-order chi connectivity index (χ0) is 21.2. The van der Waals surface area contributed by atoms with Crippen molar-refractivity contribution in [3.05, 3.63) is 58.6 Å². The summed E-state index contributed by atoms with van der Waals surface area (Å²) >= 11 is 6.01. The number of esters is 1. The fraction of sp³-hybridized carbons (Fsp3) is 0.318. The lowest BCUT2D eigenvalue weighted by atomic mass is 10.1. The van der Waals surface area contributed by atoms with Crippen LogP contribution < -0.4 is 10.6 Å². The summed E-state index contributed by atoms with van der Waals surface area (Å²) in [5.74, 6) is -1.14. The second kappa shape index (κ2) is 11.2. The minimum atomic E-state index is -0.524. The summed E-state index contributed by atoms with van der Waals surface area (Å²) in [6, 6.07) is 12.7. The molecule has 0 aliphatic carbocycles. The second-order valence-electron chi connectivity index (χ2n) is 6.59. The van der Waals surface area contributed by atoms with Crippen LogP contribution in [-0.2, 0) is 25.5 Å². The highest BCUT2D eigenvalue weighted by Gasteiger charge is 2.11. The number of nitrogens with one attached hydrogen (secondary N) is 2. The van der Waals surface area contributed by atoms with Crippen LogP contribution in [0.15, 0.2) is 42.5 Å². The molecule has 6 nitrogen and oxygen atoms in total. The SMILES string of the molecule is CCc1ccccc1NC(=O)CCCC(=O)OCC(=O)Nc1ccc(C)c(Cl)c1. The van der Waals surface area contributed by atoms with Crippen LogP contribution in [0.2, 0.25) is 5.02 Å². The number of anilines is 2. The van der Waals surface area contributed by atoms with E-state index >= 15 is 0 Å². The van der Waals surface area contributed by atoms with E-state index in [0.717, 1.165) is 23.2 Å². The number of rotatable bonds is 9. The molecular formula is C22H25ClN2O4. The number of hydrogen-bond acceptors (Lipinski definition) is 4. The molecule has 0 spiro atoms. The van der Waals surface area contributed by atoms with Gasteiger partial charge in [0.1, 0.15) is 0 Å². The molecule has 0 aromatic heterocycles. The summed E-state index contributed by atoms with van der Waals surface area (Å²) in [6.07, 6.45) is 1.42. The highest BCUT2D eigenvalue weighted by molar-refractivity contribution is 6.31. The lowest BCUT2D eigenvalue weighted by Crippen LogP contribution is -2.21. The van der Waals surface area contributed by atoms with Crippen molar-refractivity contribution >= 4 is 40.8 Å². The lowest BCUT2D eigenvalue weighted by Gasteiger charge is -2.10. The fourth-order valence-corrected chi connectivity index (χ4v) is 2.82. The predicted molar refractivity (Wildman–Crippen MR) is 114 cm³/mol. The highest BCUT2D eigenvalue weighted by atomic mass is 35.5. The van der Waals surface area contributed by atoms with Gasteiger partial charge in [-0.1, -0.05) is 42.8 Å². The van der Waals surface area contributed by atoms with E-state index in [2.05, 4.69) is 10.6 Å². The molecule has 0 saturated carbocycles. The third-order valence-corrected chi connectivity index (χ3v) is 4.68. The van der Waals surface area contributed by atoms with E-state index in [-0.39, 0.29) is 25.4 Å². The molecule has 29 heavy (non-hydrogen) atoms. The van der Waals surface area contributed by atoms with E-state index in [1.54, 1.807) is 18.2 Å². The monoisotopic (exact) mass is 416 g/mol. The van der Waals surface area contributed by atoms with E-state index in [9.17, 15) is 14.4 Å². The summed E-state index contributed by atoms with van der Waals surface area (Å²) in [5, 5.41) is 6.01. The van der Waals surface area contributed by atoms with Gasteiger partial charge >= 0.3 is 5.97 Å². The van der Waals surface area contributed by atoms with E-state index in [0.29, 0.717) is 17.1 Å². The van der Waals surface area contributed by atoms with Crippen molar-refractivity contribution in [3.63, 3.8) is 0 Å². The molecule has 0 radical (unpaired) electrons. The molecule has 0 unspecified atom stereocenters. The van der Waals surface area contributed by atoms with Gasteiger partial charge in [0.25, 0.3) is 5.91 Å². The molecule has 154 valence electrons. The van der Waals surface area contributed by atoms with Crippen molar-refractivity contribution in [1.29, 1.82) is 0 Å². The Hall–Kier alpha value is -2.86. The number of ether oxygens (including phenoxy) is 1. The summed E-state index contributed by atoms with van der Waals surface area (Å²) in [7, 11) is 0.